The zero-order chi connectivity index (χ0) is 19.5. The van der Waals surface area contributed by atoms with Crippen molar-refractivity contribution in [2.75, 3.05) is 44.2 Å². The van der Waals surface area contributed by atoms with Gasteiger partial charge in [-0.25, -0.2) is 0 Å². The molecule has 0 bridgehead atoms. The SMILES string of the molecule is Cc1ccc(Cl)cc1N1CCN(C(=O)[C@@H]2CNCC[C@@H]2c2ccccc2)CC1. The Morgan fingerprint density at radius 1 is 1.07 bits per heavy atom. The third kappa shape index (κ3) is 4.03. The minimum absolute atomic E-state index is 0.0237. The lowest BCUT2D eigenvalue weighted by atomic mass is 9.80. The van der Waals surface area contributed by atoms with Crippen molar-refractivity contribution >= 4 is 23.2 Å². The van der Waals surface area contributed by atoms with Crippen LogP contribution in [-0.2, 0) is 4.79 Å². The lowest BCUT2D eigenvalue weighted by Crippen LogP contribution is -2.53. The van der Waals surface area contributed by atoms with E-state index < -0.39 is 0 Å². The monoisotopic (exact) mass is 397 g/mol. The minimum atomic E-state index is 0.0237. The van der Waals surface area contributed by atoms with Crippen LogP contribution in [0.1, 0.15) is 23.5 Å². The fourth-order valence-electron chi connectivity index (χ4n) is 4.54. The van der Waals surface area contributed by atoms with Crippen LogP contribution in [0.15, 0.2) is 48.5 Å². The van der Waals surface area contributed by atoms with Crippen molar-refractivity contribution in [2.45, 2.75) is 19.3 Å². The molecule has 2 aromatic carbocycles. The second kappa shape index (κ2) is 8.54. The molecule has 2 heterocycles. The van der Waals surface area contributed by atoms with Gasteiger partial charge in [-0.2, -0.15) is 0 Å². The van der Waals surface area contributed by atoms with E-state index in [1.54, 1.807) is 0 Å². The number of benzene rings is 2. The van der Waals surface area contributed by atoms with E-state index in [2.05, 4.69) is 52.4 Å². The Morgan fingerprint density at radius 2 is 1.82 bits per heavy atom. The summed E-state index contributed by atoms with van der Waals surface area (Å²) in [5.74, 6) is 0.627. The number of anilines is 1. The van der Waals surface area contributed by atoms with Gasteiger partial charge >= 0.3 is 0 Å². The minimum Gasteiger partial charge on any atom is -0.368 e. The molecule has 0 spiro atoms. The lowest BCUT2D eigenvalue weighted by Gasteiger charge is -2.40. The number of halogens is 1. The Kier molecular flexibility index (Phi) is 5.88. The first kappa shape index (κ1) is 19.3. The smallest absolute Gasteiger partial charge is 0.227 e. The molecular weight excluding hydrogens is 370 g/mol. The molecule has 0 radical (unpaired) electrons. The van der Waals surface area contributed by atoms with Crippen LogP contribution in [0.25, 0.3) is 0 Å². The van der Waals surface area contributed by atoms with Crippen LogP contribution in [0.5, 0.6) is 0 Å². The molecule has 4 rings (SSSR count). The van der Waals surface area contributed by atoms with Crippen LogP contribution >= 0.6 is 11.6 Å². The molecule has 2 fully saturated rings. The maximum atomic E-state index is 13.3. The van der Waals surface area contributed by atoms with Gasteiger partial charge < -0.3 is 15.1 Å². The second-order valence-electron chi connectivity index (χ2n) is 7.86. The third-order valence-corrected chi connectivity index (χ3v) is 6.37. The van der Waals surface area contributed by atoms with E-state index in [1.165, 1.54) is 16.8 Å². The number of nitrogens with zero attached hydrogens (tertiary/aromatic N) is 2. The fraction of sp³-hybridized carbons (Fsp3) is 0.435. The average molecular weight is 398 g/mol. The molecule has 2 aliphatic heterocycles. The summed E-state index contributed by atoms with van der Waals surface area (Å²) in [4.78, 5) is 17.8. The number of nitrogens with one attached hydrogen (secondary N) is 1. The van der Waals surface area contributed by atoms with Crippen LogP contribution in [-0.4, -0.2) is 50.1 Å². The van der Waals surface area contributed by atoms with E-state index in [1.807, 2.05) is 18.2 Å². The van der Waals surface area contributed by atoms with Crippen LogP contribution in [0.2, 0.25) is 5.02 Å². The van der Waals surface area contributed by atoms with E-state index in [4.69, 9.17) is 11.6 Å². The topological polar surface area (TPSA) is 35.6 Å². The summed E-state index contributed by atoms with van der Waals surface area (Å²) in [6.45, 7) is 7.09. The van der Waals surface area contributed by atoms with Crippen LogP contribution in [0, 0.1) is 12.8 Å². The molecule has 2 aromatic rings. The molecule has 5 heteroatoms. The van der Waals surface area contributed by atoms with Crippen molar-refractivity contribution in [1.82, 2.24) is 10.2 Å². The van der Waals surface area contributed by atoms with Crippen LogP contribution in [0.4, 0.5) is 5.69 Å². The molecule has 28 heavy (non-hydrogen) atoms. The van der Waals surface area contributed by atoms with E-state index in [9.17, 15) is 4.79 Å². The predicted molar refractivity (Wildman–Crippen MR) is 115 cm³/mol. The maximum absolute atomic E-state index is 13.3. The van der Waals surface area contributed by atoms with Crippen molar-refractivity contribution in [2.24, 2.45) is 5.92 Å². The third-order valence-electron chi connectivity index (χ3n) is 6.13. The number of hydrogen-bond acceptors (Lipinski definition) is 3. The molecule has 0 saturated carbocycles. The van der Waals surface area contributed by atoms with Gasteiger partial charge in [-0.3, -0.25) is 4.79 Å². The van der Waals surface area contributed by atoms with Crippen molar-refractivity contribution in [3.63, 3.8) is 0 Å². The summed E-state index contributed by atoms with van der Waals surface area (Å²) in [5.41, 5.74) is 3.70. The number of rotatable bonds is 3. The number of carbonyl (C=O) groups excluding carboxylic acids is 1. The Labute approximate surface area is 172 Å². The summed E-state index contributed by atoms with van der Waals surface area (Å²) < 4.78 is 0. The van der Waals surface area contributed by atoms with E-state index in [-0.39, 0.29) is 5.92 Å². The molecule has 1 amide bonds. The highest BCUT2D eigenvalue weighted by atomic mass is 35.5. The number of amides is 1. The zero-order valence-corrected chi connectivity index (χ0v) is 17.2. The van der Waals surface area contributed by atoms with Crippen molar-refractivity contribution in [3.05, 3.63) is 64.7 Å². The number of piperidine rings is 1. The summed E-state index contributed by atoms with van der Waals surface area (Å²) >= 11 is 6.19. The molecule has 4 nitrogen and oxygen atoms in total. The molecular formula is C23H28ClN3O. The predicted octanol–water partition coefficient (Wildman–Crippen LogP) is 3.69. The summed E-state index contributed by atoms with van der Waals surface area (Å²) in [6, 6.07) is 16.5. The zero-order valence-electron chi connectivity index (χ0n) is 16.4. The van der Waals surface area contributed by atoms with E-state index >= 15 is 0 Å². The summed E-state index contributed by atoms with van der Waals surface area (Å²) in [5, 5.41) is 4.19. The van der Waals surface area contributed by atoms with E-state index in [0.29, 0.717) is 11.8 Å². The lowest BCUT2D eigenvalue weighted by molar-refractivity contribution is -0.137. The largest absolute Gasteiger partial charge is 0.368 e. The molecule has 0 aromatic heterocycles. The highest BCUT2D eigenvalue weighted by Gasteiger charge is 2.35. The van der Waals surface area contributed by atoms with Gasteiger partial charge in [-0.05, 0) is 49.1 Å². The van der Waals surface area contributed by atoms with Crippen molar-refractivity contribution < 1.29 is 4.79 Å². The molecule has 0 aliphatic carbocycles. The van der Waals surface area contributed by atoms with Crippen LogP contribution in [0.3, 0.4) is 0 Å². The average Bonchev–Trinajstić information content (AvgIpc) is 2.76. The first-order valence-electron chi connectivity index (χ1n) is 10.2. The van der Waals surface area contributed by atoms with Crippen molar-refractivity contribution in [3.8, 4) is 0 Å². The molecule has 2 saturated heterocycles. The molecule has 148 valence electrons. The van der Waals surface area contributed by atoms with Gasteiger partial charge in [0.05, 0.1) is 5.92 Å². The Balaban J connectivity index is 1.43. The molecule has 1 N–H and O–H groups in total. The van der Waals surface area contributed by atoms with Gasteiger partial charge in [0, 0.05) is 43.4 Å². The molecule has 2 aliphatic rings. The molecule has 2 atom stereocenters. The number of piperazine rings is 1. The van der Waals surface area contributed by atoms with Crippen LogP contribution < -0.4 is 10.2 Å². The van der Waals surface area contributed by atoms with E-state index in [0.717, 1.165) is 50.7 Å². The Bertz CT molecular complexity index is 818. The highest BCUT2D eigenvalue weighted by molar-refractivity contribution is 6.30. The number of carbonyl (C=O) groups is 1. The molecule has 0 unspecified atom stereocenters. The van der Waals surface area contributed by atoms with Gasteiger partial charge in [0.15, 0.2) is 0 Å². The normalized spacial score (nSPS) is 22.9. The van der Waals surface area contributed by atoms with Gasteiger partial charge in [0.2, 0.25) is 5.91 Å². The Morgan fingerprint density at radius 3 is 2.57 bits per heavy atom. The fourth-order valence-corrected chi connectivity index (χ4v) is 4.71. The quantitative estimate of drug-likeness (QED) is 0.857. The number of aryl methyl sites for hydroxylation is 1. The summed E-state index contributed by atoms with van der Waals surface area (Å²) in [6.07, 6.45) is 1.02. The van der Waals surface area contributed by atoms with Gasteiger partial charge in [-0.15, -0.1) is 0 Å². The van der Waals surface area contributed by atoms with Gasteiger partial charge in [0.1, 0.15) is 0 Å². The van der Waals surface area contributed by atoms with Gasteiger partial charge in [-0.1, -0.05) is 48.0 Å². The second-order valence-corrected chi connectivity index (χ2v) is 8.30. The first-order valence-corrected chi connectivity index (χ1v) is 10.6. The standard InChI is InChI=1S/C23H28ClN3O/c1-17-7-8-19(24)15-22(17)26-11-13-27(14-12-26)23(28)21-16-25-10-9-20(21)18-5-3-2-4-6-18/h2-8,15,20-21,25H,9-14,16H2,1H3/t20-,21-/m1/s1. The maximum Gasteiger partial charge on any atom is 0.227 e. The van der Waals surface area contributed by atoms with Crippen molar-refractivity contribution in [1.29, 1.82) is 0 Å². The first-order chi connectivity index (χ1) is 13.6. The highest BCUT2D eigenvalue weighted by Crippen LogP contribution is 2.32. The Hall–Kier alpha value is -2.04. The van der Waals surface area contributed by atoms with Gasteiger partial charge in [0.25, 0.3) is 0 Å². The number of hydrogen-bond donors (Lipinski definition) is 1. The summed E-state index contributed by atoms with van der Waals surface area (Å²) in [7, 11) is 0.